The highest BCUT2D eigenvalue weighted by molar-refractivity contribution is 6.15. The molecule has 2 aromatic rings. The fourth-order valence-corrected chi connectivity index (χ4v) is 5.85. The molecule has 9 nitrogen and oxygen atoms in total. The highest BCUT2D eigenvalue weighted by atomic mass is 16.5. The number of pyridine rings is 1. The van der Waals surface area contributed by atoms with Gasteiger partial charge in [-0.25, -0.2) is 14.6 Å². The number of hydrogen-bond donors (Lipinski definition) is 0. The van der Waals surface area contributed by atoms with Crippen LogP contribution < -0.4 is 4.90 Å². The summed E-state index contributed by atoms with van der Waals surface area (Å²) in [5.41, 5.74) is 1.80. The average Bonchev–Trinajstić information content (AvgIpc) is 3.21. The van der Waals surface area contributed by atoms with Gasteiger partial charge in [0, 0.05) is 43.5 Å². The molecule has 1 aromatic carbocycles. The van der Waals surface area contributed by atoms with Crippen LogP contribution in [-0.4, -0.2) is 66.9 Å². The van der Waals surface area contributed by atoms with Gasteiger partial charge in [-0.05, 0) is 30.2 Å². The fraction of sp³-hybridized carbons (Fsp3) is 0.321. The van der Waals surface area contributed by atoms with Gasteiger partial charge < -0.3 is 14.4 Å². The predicted octanol–water partition coefficient (Wildman–Crippen LogP) is 2.57. The van der Waals surface area contributed by atoms with E-state index >= 15 is 0 Å². The van der Waals surface area contributed by atoms with Crippen molar-refractivity contribution in [1.82, 2.24) is 9.88 Å². The van der Waals surface area contributed by atoms with E-state index in [0.29, 0.717) is 31.8 Å². The Morgan fingerprint density at radius 1 is 1.14 bits per heavy atom. The molecule has 0 bridgehead atoms. The van der Waals surface area contributed by atoms with Crippen LogP contribution in [0.15, 0.2) is 77.6 Å². The molecule has 9 heteroatoms. The first-order valence-corrected chi connectivity index (χ1v) is 12.1. The number of fused-ring (bicyclic) bond motifs is 1. The van der Waals surface area contributed by atoms with Gasteiger partial charge in [0.05, 0.1) is 31.2 Å². The third-order valence-electron chi connectivity index (χ3n) is 7.34. The lowest BCUT2D eigenvalue weighted by Crippen LogP contribution is -2.63. The Hall–Kier alpha value is -4.27. The first-order valence-electron chi connectivity index (χ1n) is 12.1. The van der Waals surface area contributed by atoms with Crippen LogP contribution in [0.2, 0.25) is 0 Å². The lowest BCUT2D eigenvalue weighted by atomic mass is 9.65. The highest BCUT2D eigenvalue weighted by Crippen LogP contribution is 2.55. The van der Waals surface area contributed by atoms with Crippen LogP contribution in [0.5, 0.6) is 0 Å². The normalized spacial score (nSPS) is 22.1. The number of methoxy groups -OCH3 is 2. The topological polar surface area (TPSA) is 101 Å². The maximum absolute atomic E-state index is 13.4. The summed E-state index contributed by atoms with van der Waals surface area (Å²) in [6.07, 6.45) is 4.65. The van der Waals surface area contributed by atoms with Crippen molar-refractivity contribution in [2.45, 2.75) is 30.7 Å². The molecule has 0 saturated carbocycles. The van der Waals surface area contributed by atoms with E-state index in [1.807, 2.05) is 47.4 Å². The van der Waals surface area contributed by atoms with Crippen LogP contribution >= 0.6 is 0 Å². The number of rotatable bonds is 7. The smallest absolute Gasteiger partial charge is 0.357 e. The summed E-state index contributed by atoms with van der Waals surface area (Å²) in [6, 6.07) is 12.9. The number of ether oxygens (including phenoxy) is 2. The van der Waals surface area contributed by atoms with Crippen molar-refractivity contribution in [3.63, 3.8) is 0 Å². The predicted molar refractivity (Wildman–Crippen MR) is 137 cm³/mol. The molecule has 0 radical (unpaired) electrons. The summed E-state index contributed by atoms with van der Waals surface area (Å²) in [5.74, 6) is -1.08. The van der Waals surface area contributed by atoms with Gasteiger partial charge in [-0.2, -0.15) is 0 Å². The van der Waals surface area contributed by atoms with Crippen molar-refractivity contribution < 1.29 is 23.9 Å². The molecule has 1 aromatic heterocycles. The summed E-state index contributed by atoms with van der Waals surface area (Å²) in [6.45, 7) is 4.66. The van der Waals surface area contributed by atoms with Gasteiger partial charge >= 0.3 is 11.9 Å². The maximum atomic E-state index is 13.4. The standard InChI is InChI=1S/C28H28N4O5/c1-4-16-31-20-11-6-5-10-19(20)28-14-12-21(33)32(17-13-18-9-7-8-15-29-18)27(28)30-23(26(35)37-3)22(24(28)31)25(34)36-2/h4-11,15,24H,1,12-14,16-17H2,2-3H3/t24-,28-/m0/s1. The summed E-state index contributed by atoms with van der Waals surface area (Å²) < 4.78 is 10.2. The van der Waals surface area contributed by atoms with Crippen molar-refractivity contribution in [1.29, 1.82) is 0 Å². The number of aliphatic imine (C=N–C) groups is 1. The average molecular weight is 501 g/mol. The molecule has 4 heterocycles. The first-order chi connectivity index (χ1) is 18.0. The Bertz CT molecular complexity index is 1340. The van der Waals surface area contributed by atoms with Crippen molar-refractivity contribution in [2.75, 3.05) is 32.2 Å². The van der Waals surface area contributed by atoms with Crippen LogP contribution in [-0.2, 0) is 35.7 Å². The van der Waals surface area contributed by atoms with Gasteiger partial charge in [0.25, 0.3) is 0 Å². The second-order valence-electron chi connectivity index (χ2n) is 9.13. The number of nitrogens with zero attached hydrogens (tertiary/aromatic N) is 4. The van der Waals surface area contributed by atoms with Crippen LogP contribution in [0, 0.1) is 0 Å². The summed E-state index contributed by atoms with van der Waals surface area (Å²) in [7, 11) is 2.52. The first kappa shape index (κ1) is 24.4. The van der Waals surface area contributed by atoms with Crippen LogP contribution in [0.4, 0.5) is 5.69 Å². The quantitative estimate of drug-likeness (QED) is 0.425. The number of carbonyl (C=O) groups is 3. The number of amidine groups is 1. The zero-order valence-electron chi connectivity index (χ0n) is 20.8. The Kier molecular flexibility index (Phi) is 6.37. The van der Waals surface area contributed by atoms with Crippen molar-refractivity contribution in [3.8, 4) is 0 Å². The van der Waals surface area contributed by atoms with Gasteiger partial charge in [0.1, 0.15) is 5.84 Å². The van der Waals surface area contributed by atoms with E-state index in [9.17, 15) is 14.4 Å². The molecular weight excluding hydrogens is 472 g/mol. The number of carbonyl (C=O) groups excluding carboxylic acids is 3. The zero-order valence-corrected chi connectivity index (χ0v) is 20.8. The van der Waals surface area contributed by atoms with Crippen LogP contribution in [0.25, 0.3) is 0 Å². The Labute approximate surface area is 215 Å². The largest absolute Gasteiger partial charge is 0.466 e. The number of anilines is 1. The molecule has 37 heavy (non-hydrogen) atoms. The molecular formula is C28H28N4O5. The van der Waals surface area contributed by atoms with E-state index in [4.69, 9.17) is 14.5 Å². The molecule has 3 aliphatic heterocycles. The minimum absolute atomic E-state index is 0.0931. The van der Waals surface area contributed by atoms with Gasteiger partial charge in [-0.3, -0.25) is 14.7 Å². The second-order valence-corrected chi connectivity index (χ2v) is 9.13. The highest BCUT2D eigenvalue weighted by Gasteiger charge is 2.63. The SMILES string of the molecule is C=CCN1c2ccccc2[C@]23CCC(=O)N(CCc4ccccn4)C2=NC(C(=O)OC)=C(C(=O)OC)[C@H]13. The Balaban J connectivity index is 1.75. The Morgan fingerprint density at radius 3 is 2.59 bits per heavy atom. The number of aromatic nitrogens is 1. The molecule has 0 unspecified atom stereocenters. The van der Waals surface area contributed by atoms with Crippen molar-refractivity contribution >= 4 is 29.4 Å². The van der Waals surface area contributed by atoms with Gasteiger partial charge in [-0.15, -0.1) is 6.58 Å². The molecule has 3 aliphatic rings. The number of piperidine rings is 1. The number of hydrogen-bond acceptors (Lipinski definition) is 8. The second kappa shape index (κ2) is 9.65. The lowest BCUT2D eigenvalue weighted by molar-refractivity contribution is -0.140. The van der Waals surface area contributed by atoms with E-state index < -0.39 is 23.4 Å². The summed E-state index contributed by atoms with van der Waals surface area (Å²) in [5, 5.41) is 0. The van der Waals surface area contributed by atoms with E-state index in [0.717, 1.165) is 16.9 Å². The zero-order chi connectivity index (χ0) is 26.2. The molecule has 5 rings (SSSR count). The van der Waals surface area contributed by atoms with E-state index in [2.05, 4.69) is 11.6 Å². The molecule has 0 N–H and O–H groups in total. The van der Waals surface area contributed by atoms with E-state index in [-0.39, 0.29) is 23.6 Å². The third kappa shape index (κ3) is 3.73. The molecule has 1 spiro atoms. The summed E-state index contributed by atoms with van der Waals surface area (Å²) >= 11 is 0. The van der Waals surface area contributed by atoms with Crippen molar-refractivity contribution in [3.05, 3.63) is 83.8 Å². The van der Waals surface area contributed by atoms with Gasteiger partial charge in [0.15, 0.2) is 5.70 Å². The molecule has 1 amide bonds. The Morgan fingerprint density at radius 2 is 1.89 bits per heavy atom. The number of esters is 2. The third-order valence-corrected chi connectivity index (χ3v) is 7.34. The molecule has 1 fully saturated rings. The minimum Gasteiger partial charge on any atom is -0.466 e. The number of para-hydroxylation sites is 1. The number of likely N-dealkylation sites (tertiary alicyclic amines) is 1. The van der Waals surface area contributed by atoms with Crippen molar-refractivity contribution in [2.24, 2.45) is 4.99 Å². The fourth-order valence-electron chi connectivity index (χ4n) is 5.85. The van der Waals surface area contributed by atoms with Crippen LogP contribution in [0.3, 0.4) is 0 Å². The number of benzene rings is 1. The minimum atomic E-state index is -0.849. The van der Waals surface area contributed by atoms with Gasteiger partial charge in [-0.1, -0.05) is 30.3 Å². The number of amides is 1. The maximum Gasteiger partial charge on any atom is 0.357 e. The van der Waals surface area contributed by atoms with E-state index in [1.54, 1.807) is 17.2 Å². The molecule has 1 saturated heterocycles. The molecule has 0 aliphatic carbocycles. The molecule has 190 valence electrons. The van der Waals surface area contributed by atoms with Gasteiger partial charge in [0.2, 0.25) is 5.91 Å². The van der Waals surface area contributed by atoms with E-state index in [1.165, 1.54) is 14.2 Å². The summed E-state index contributed by atoms with van der Waals surface area (Å²) in [4.78, 5) is 52.5. The monoisotopic (exact) mass is 500 g/mol. The molecule has 2 atom stereocenters. The van der Waals surface area contributed by atoms with Crippen LogP contribution in [0.1, 0.15) is 24.1 Å². The lowest BCUT2D eigenvalue weighted by Gasteiger charge is -2.48.